The molecule has 3 heterocycles. The second kappa shape index (κ2) is 12.9. The number of hydrogen-bond donors (Lipinski definition) is 0. The summed E-state index contributed by atoms with van der Waals surface area (Å²) >= 11 is 0. The SMILES string of the molecule is c1ccc(-c2nc(-c3cccc(-n4c5ccccc5c5c6ccccc6ccc54)c3)nc(-c3ccc4c(c3)Oc3ccccc3C43c4ccccc4-c4ccccc43)n2)cc1. The van der Waals surface area contributed by atoms with E-state index in [1.54, 1.807) is 0 Å². The van der Waals surface area contributed by atoms with Crippen LogP contribution in [0, 0.1) is 0 Å². The van der Waals surface area contributed by atoms with Crippen LogP contribution >= 0.6 is 0 Å². The molecule has 0 bridgehead atoms. The number of rotatable bonds is 4. The van der Waals surface area contributed by atoms with Crippen LogP contribution in [-0.4, -0.2) is 19.5 Å². The molecule has 0 amide bonds. The van der Waals surface area contributed by atoms with Gasteiger partial charge in [0.05, 0.1) is 16.4 Å². The predicted octanol–water partition coefficient (Wildman–Crippen LogP) is 13.6. The molecule has 0 radical (unpaired) electrons. The van der Waals surface area contributed by atoms with E-state index in [1.807, 2.05) is 36.4 Å². The Labute approximate surface area is 351 Å². The first-order valence-corrected chi connectivity index (χ1v) is 20.7. The summed E-state index contributed by atoms with van der Waals surface area (Å²) in [5.74, 6) is 3.40. The van der Waals surface area contributed by atoms with Gasteiger partial charge < -0.3 is 9.30 Å². The maximum atomic E-state index is 6.87. The molecule has 0 saturated carbocycles. The Balaban J connectivity index is 0.998. The van der Waals surface area contributed by atoms with Crippen molar-refractivity contribution >= 4 is 32.6 Å². The first-order chi connectivity index (χ1) is 30.2. The quantitative estimate of drug-likeness (QED) is 0.179. The maximum Gasteiger partial charge on any atom is 0.164 e. The van der Waals surface area contributed by atoms with Gasteiger partial charge in [0.1, 0.15) is 11.5 Å². The minimum Gasteiger partial charge on any atom is -0.457 e. The van der Waals surface area contributed by atoms with Crippen LogP contribution in [0.25, 0.3) is 83.6 Å². The average molecular weight is 779 g/mol. The van der Waals surface area contributed by atoms with E-state index in [0.717, 1.165) is 56.0 Å². The van der Waals surface area contributed by atoms with Crippen LogP contribution in [0.5, 0.6) is 11.5 Å². The Morgan fingerprint density at radius 2 is 0.967 bits per heavy atom. The minimum absolute atomic E-state index is 0.547. The summed E-state index contributed by atoms with van der Waals surface area (Å²) in [6, 6.07) is 73.0. The van der Waals surface area contributed by atoms with E-state index in [1.165, 1.54) is 43.8 Å². The van der Waals surface area contributed by atoms with Gasteiger partial charge >= 0.3 is 0 Å². The molecule has 0 saturated heterocycles. The lowest BCUT2D eigenvalue weighted by Gasteiger charge is -2.39. The van der Waals surface area contributed by atoms with E-state index in [2.05, 4.69) is 174 Å². The lowest BCUT2D eigenvalue weighted by molar-refractivity contribution is 0.436. The highest BCUT2D eigenvalue weighted by Crippen LogP contribution is 2.62. The van der Waals surface area contributed by atoms with Crippen LogP contribution in [0.2, 0.25) is 0 Å². The zero-order valence-corrected chi connectivity index (χ0v) is 32.8. The second-order valence-corrected chi connectivity index (χ2v) is 15.9. The normalized spacial score (nSPS) is 13.2. The van der Waals surface area contributed by atoms with Crippen molar-refractivity contribution in [1.82, 2.24) is 19.5 Å². The second-order valence-electron chi connectivity index (χ2n) is 15.9. The fourth-order valence-electron chi connectivity index (χ4n) is 10.2. The molecule has 1 spiro atoms. The fourth-order valence-corrected chi connectivity index (χ4v) is 10.2. The molecule has 1 aliphatic carbocycles. The lowest BCUT2D eigenvalue weighted by Crippen LogP contribution is -2.32. The fraction of sp³-hybridized carbons (Fsp3) is 0.0179. The molecule has 9 aromatic carbocycles. The van der Waals surface area contributed by atoms with Crippen molar-refractivity contribution in [3.8, 4) is 62.5 Å². The molecule has 5 nitrogen and oxygen atoms in total. The number of hydrogen-bond acceptors (Lipinski definition) is 4. The number of fused-ring (bicyclic) bond motifs is 14. The molecular weight excluding hydrogens is 745 g/mol. The monoisotopic (exact) mass is 778 g/mol. The van der Waals surface area contributed by atoms with E-state index in [4.69, 9.17) is 19.7 Å². The summed E-state index contributed by atoms with van der Waals surface area (Å²) in [6.45, 7) is 0. The van der Waals surface area contributed by atoms with Crippen LogP contribution in [0.3, 0.4) is 0 Å². The van der Waals surface area contributed by atoms with Gasteiger partial charge in [-0.05, 0) is 69.4 Å². The highest BCUT2D eigenvalue weighted by atomic mass is 16.5. The molecule has 61 heavy (non-hydrogen) atoms. The van der Waals surface area contributed by atoms with Crippen molar-refractivity contribution in [2.75, 3.05) is 0 Å². The molecule has 0 unspecified atom stereocenters. The maximum absolute atomic E-state index is 6.87. The van der Waals surface area contributed by atoms with E-state index < -0.39 is 5.41 Å². The zero-order valence-electron chi connectivity index (χ0n) is 32.8. The Morgan fingerprint density at radius 3 is 1.75 bits per heavy atom. The molecule has 284 valence electrons. The van der Waals surface area contributed by atoms with Gasteiger partial charge in [0.15, 0.2) is 17.5 Å². The van der Waals surface area contributed by atoms with Crippen molar-refractivity contribution in [2.45, 2.75) is 5.41 Å². The van der Waals surface area contributed by atoms with Crippen molar-refractivity contribution in [3.05, 3.63) is 229 Å². The Kier molecular flexibility index (Phi) is 7.16. The summed E-state index contributed by atoms with van der Waals surface area (Å²) < 4.78 is 9.22. The van der Waals surface area contributed by atoms with E-state index in [-0.39, 0.29) is 0 Å². The van der Waals surface area contributed by atoms with Gasteiger partial charge in [0, 0.05) is 44.3 Å². The van der Waals surface area contributed by atoms with Gasteiger partial charge in [-0.2, -0.15) is 0 Å². The number of nitrogens with zero attached hydrogens (tertiary/aromatic N) is 4. The summed E-state index contributed by atoms with van der Waals surface area (Å²) in [5, 5.41) is 4.93. The smallest absolute Gasteiger partial charge is 0.164 e. The molecule has 0 atom stereocenters. The summed E-state index contributed by atoms with van der Waals surface area (Å²) in [4.78, 5) is 15.6. The third-order valence-electron chi connectivity index (χ3n) is 12.7. The van der Waals surface area contributed by atoms with Crippen LogP contribution < -0.4 is 4.74 Å². The Morgan fingerprint density at radius 1 is 0.377 bits per heavy atom. The standard InChI is InChI=1S/C56H34N4O/c1-2-16-36(17-3-1)53-57-54(37-18-14-19-39(33-37)60-48-27-12-8-23-43(48)52-40-20-5-4-15-35(40)30-32-49(52)60)59-55(58-53)38-29-31-47-51(34-38)61-50-28-13-11-26-46(50)56(47)44-24-9-6-21-41(44)42-22-7-10-25-45(42)56/h1-34H. The van der Waals surface area contributed by atoms with Gasteiger partial charge in [-0.1, -0.05) is 170 Å². The van der Waals surface area contributed by atoms with Crippen LogP contribution in [0.4, 0.5) is 0 Å². The largest absolute Gasteiger partial charge is 0.457 e. The molecule has 13 rings (SSSR count). The lowest BCUT2D eigenvalue weighted by atomic mass is 9.66. The molecule has 1 aliphatic heterocycles. The summed E-state index contributed by atoms with van der Waals surface area (Å²) in [7, 11) is 0. The Hall–Kier alpha value is -8.15. The molecule has 0 fully saturated rings. The molecule has 11 aromatic rings. The third-order valence-corrected chi connectivity index (χ3v) is 12.7. The zero-order chi connectivity index (χ0) is 40.1. The van der Waals surface area contributed by atoms with Crippen molar-refractivity contribution in [3.63, 3.8) is 0 Å². The first kappa shape index (κ1) is 33.8. The average Bonchev–Trinajstić information content (AvgIpc) is 3.83. The van der Waals surface area contributed by atoms with Crippen molar-refractivity contribution in [1.29, 1.82) is 0 Å². The molecular formula is C56H34N4O. The van der Waals surface area contributed by atoms with E-state index >= 15 is 0 Å². The molecule has 0 N–H and O–H groups in total. The van der Waals surface area contributed by atoms with E-state index in [0.29, 0.717) is 17.5 Å². The van der Waals surface area contributed by atoms with Gasteiger partial charge in [-0.15, -0.1) is 0 Å². The predicted molar refractivity (Wildman–Crippen MR) is 245 cm³/mol. The molecule has 2 aliphatic rings. The minimum atomic E-state index is -0.547. The first-order valence-electron chi connectivity index (χ1n) is 20.7. The van der Waals surface area contributed by atoms with Crippen LogP contribution in [0.15, 0.2) is 206 Å². The van der Waals surface area contributed by atoms with Gasteiger partial charge in [-0.3, -0.25) is 0 Å². The highest BCUT2D eigenvalue weighted by molar-refractivity contribution is 6.21. The topological polar surface area (TPSA) is 52.8 Å². The van der Waals surface area contributed by atoms with Crippen molar-refractivity contribution < 1.29 is 4.74 Å². The molecule has 2 aromatic heterocycles. The summed E-state index contributed by atoms with van der Waals surface area (Å²) in [5.41, 5.74) is 12.7. The highest BCUT2D eigenvalue weighted by Gasteiger charge is 2.51. The third kappa shape index (κ3) is 4.86. The van der Waals surface area contributed by atoms with Gasteiger partial charge in [-0.25, -0.2) is 15.0 Å². The number of benzene rings is 9. The number of ether oxygens (including phenoxy) is 1. The van der Waals surface area contributed by atoms with Gasteiger partial charge in [0.2, 0.25) is 0 Å². The van der Waals surface area contributed by atoms with Crippen LogP contribution in [0.1, 0.15) is 22.3 Å². The van der Waals surface area contributed by atoms with E-state index in [9.17, 15) is 0 Å². The molecule has 5 heteroatoms. The Bertz CT molecular complexity index is 3540. The number of aromatic nitrogens is 4. The van der Waals surface area contributed by atoms with Crippen LogP contribution in [-0.2, 0) is 5.41 Å². The van der Waals surface area contributed by atoms with Gasteiger partial charge in [0.25, 0.3) is 0 Å². The number of para-hydroxylation sites is 2. The van der Waals surface area contributed by atoms with Crippen molar-refractivity contribution in [2.24, 2.45) is 0 Å². The summed E-state index contributed by atoms with van der Waals surface area (Å²) in [6.07, 6.45) is 0.